The summed E-state index contributed by atoms with van der Waals surface area (Å²) in [6, 6.07) is 5.85. The van der Waals surface area contributed by atoms with Crippen LogP contribution in [-0.2, 0) is 6.42 Å². The average molecular weight is 210 g/mol. The largest absolute Gasteiger partial charge is 0.398 e. The summed E-state index contributed by atoms with van der Waals surface area (Å²) in [7, 11) is 0. The number of nitrogen functional groups attached to an aromatic ring is 1. The highest BCUT2D eigenvalue weighted by molar-refractivity contribution is 6.30. The Hall–Kier alpha value is -0.690. The normalized spacial score (nSPS) is 17.5. The summed E-state index contributed by atoms with van der Waals surface area (Å²) in [6.45, 7) is 0. The van der Waals surface area contributed by atoms with Crippen LogP contribution in [0.2, 0.25) is 5.02 Å². The molecule has 0 aromatic heterocycles. The van der Waals surface area contributed by atoms with Crippen molar-refractivity contribution in [3.05, 3.63) is 28.8 Å². The molecule has 0 radical (unpaired) electrons. The first-order valence-corrected chi connectivity index (χ1v) is 5.67. The van der Waals surface area contributed by atoms with Gasteiger partial charge in [0.05, 0.1) is 0 Å². The second-order valence-corrected chi connectivity index (χ2v) is 4.63. The Labute approximate surface area is 90.3 Å². The van der Waals surface area contributed by atoms with Crippen molar-refractivity contribution in [3.63, 3.8) is 0 Å². The number of hydrogen-bond donors (Lipinski definition) is 1. The molecule has 1 aliphatic carbocycles. The number of halogens is 1. The monoisotopic (exact) mass is 209 g/mol. The fraction of sp³-hybridized carbons (Fsp3) is 0.500. The van der Waals surface area contributed by atoms with E-state index in [9.17, 15) is 0 Å². The summed E-state index contributed by atoms with van der Waals surface area (Å²) in [5.74, 6) is 0.846. The number of benzene rings is 1. The molecule has 1 fully saturated rings. The smallest absolute Gasteiger partial charge is 0.0426 e. The van der Waals surface area contributed by atoms with Crippen molar-refractivity contribution in [3.8, 4) is 0 Å². The minimum absolute atomic E-state index is 0.734. The Kier molecular flexibility index (Phi) is 2.97. The van der Waals surface area contributed by atoms with Crippen molar-refractivity contribution in [1.82, 2.24) is 0 Å². The van der Waals surface area contributed by atoms with Gasteiger partial charge >= 0.3 is 0 Å². The van der Waals surface area contributed by atoms with E-state index in [4.69, 9.17) is 17.3 Å². The van der Waals surface area contributed by atoms with Crippen LogP contribution in [0.5, 0.6) is 0 Å². The van der Waals surface area contributed by atoms with Crippen LogP contribution in [0.4, 0.5) is 5.69 Å². The standard InChI is InChI=1S/C12H16ClN/c13-11-6-5-10(12(14)8-11)7-9-3-1-2-4-9/h5-6,8-9H,1-4,7,14H2. The highest BCUT2D eigenvalue weighted by Gasteiger charge is 2.16. The molecule has 1 aromatic rings. The van der Waals surface area contributed by atoms with E-state index in [0.717, 1.165) is 23.0 Å². The van der Waals surface area contributed by atoms with Gasteiger partial charge in [-0.05, 0) is 30.0 Å². The molecule has 0 amide bonds. The first kappa shape index (κ1) is 9.85. The van der Waals surface area contributed by atoms with Gasteiger partial charge in [0.25, 0.3) is 0 Å². The molecule has 1 saturated carbocycles. The fourth-order valence-electron chi connectivity index (χ4n) is 2.28. The van der Waals surface area contributed by atoms with Crippen molar-refractivity contribution in [1.29, 1.82) is 0 Å². The van der Waals surface area contributed by atoms with Crippen LogP contribution >= 0.6 is 11.6 Å². The van der Waals surface area contributed by atoms with Gasteiger partial charge in [-0.2, -0.15) is 0 Å². The van der Waals surface area contributed by atoms with Gasteiger partial charge in [0.1, 0.15) is 0 Å². The van der Waals surface area contributed by atoms with Gasteiger partial charge in [0.2, 0.25) is 0 Å². The third-order valence-electron chi connectivity index (χ3n) is 3.09. The molecule has 1 aromatic carbocycles. The van der Waals surface area contributed by atoms with E-state index in [0.29, 0.717) is 0 Å². The number of hydrogen-bond acceptors (Lipinski definition) is 1. The van der Waals surface area contributed by atoms with Crippen LogP contribution in [-0.4, -0.2) is 0 Å². The van der Waals surface area contributed by atoms with Gasteiger partial charge in [-0.15, -0.1) is 0 Å². The zero-order valence-corrected chi connectivity index (χ0v) is 9.06. The maximum Gasteiger partial charge on any atom is 0.0426 e. The van der Waals surface area contributed by atoms with Crippen molar-refractivity contribution in [2.24, 2.45) is 5.92 Å². The summed E-state index contributed by atoms with van der Waals surface area (Å²) in [5, 5.41) is 0.734. The Morgan fingerprint density at radius 2 is 2.00 bits per heavy atom. The van der Waals surface area contributed by atoms with Crippen molar-refractivity contribution < 1.29 is 0 Å². The molecule has 0 bridgehead atoms. The van der Waals surface area contributed by atoms with E-state index in [-0.39, 0.29) is 0 Å². The van der Waals surface area contributed by atoms with E-state index in [1.807, 2.05) is 12.1 Å². The molecule has 0 unspecified atom stereocenters. The topological polar surface area (TPSA) is 26.0 Å². The maximum absolute atomic E-state index is 5.92. The SMILES string of the molecule is Nc1cc(Cl)ccc1CC1CCCC1. The van der Waals surface area contributed by atoms with Gasteiger partial charge in [-0.25, -0.2) is 0 Å². The molecule has 2 heteroatoms. The lowest BCUT2D eigenvalue weighted by molar-refractivity contribution is 0.547. The molecule has 0 saturated heterocycles. The molecule has 0 aliphatic heterocycles. The van der Waals surface area contributed by atoms with Crippen LogP contribution in [0.15, 0.2) is 18.2 Å². The molecule has 0 spiro atoms. The van der Waals surface area contributed by atoms with Gasteiger partial charge in [0, 0.05) is 10.7 Å². The van der Waals surface area contributed by atoms with Crippen LogP contribution in [0, 0.1) is 5.92 Å². The Balaban J connectivity index is 2.08. The van der Waals surface area contributed by atoms with Crippen LogP contribution < -0.4 is 5.73 Å². The molecule has 76 valence electrons. The van der Waals surface area contributed by atoms with Gasteiger partial charge < -0.3 is 5.73 Å². The minimum atomic E-state index is 0.734. The van der Waals surface area contributed by atoms with E-state index < -0.39 is 0 Å². The van der Waals surface area contributed by atoms with E-state index in [1.165, 1.54) is 31.2 Å². The van der Waals surface area contributed by atoms with Gasteiger partial charge in [0.15, 0.2) is 0 Å². The molecule has 2 rings (SSSR count). The minimum Gasteiger partial charge on any atom is -0.398 e. The maximum atomic E-state index is 5.92. The first-order chi connectivity index (χ1) is 6.75. The number of rotatable bonds is 2. The lowest BCUT2D eigenvalue weighted by atomic mass is 9.97. The quantitative estimate of drug-likeness (QED) is 0.740. The number of anilines is 1. The summed E-state index contributed by atoms with van der Waals surface area (Å²) < 4.78 is 0. The van der Waals surface area contributed by atoms with Crippen molar-refractivity contribution in [2.75, 3.05) is 5.73 Å². The molecular weight excluding hydrogens is 194 g/mol. The first-order valence-electron chi connectivity index (χ1n) is 5.29. The Bertz CT molecular complexity index is 316. The highest BCUT2D eigenvalue weighted by Crippen LogP contribution is 2.30. The predicted octanol–water partition coefficient (Wildman–Crippen LogP) is 3.65. The van der Waals surface area contributed by atoms with E-state index in [2.05, 4.69) is 6.07 Å². The van der Waals surface area contributed by atoms with Gasteiger partial charge in [-0.3, -0.25) is 0 Å². The van der Waals surface area contributed by atoms with E-state index >= 15 is 0 Å². The molecule has 2 N–H and O–H groups in total. The van der Waals surface area contributed by atoms with Crippen molar-refractivity contribution >= 4 is 17.3 Å². The zero-order valence-electron chi connectivity index (χ0n) is 8.30. The van der Waals surface area contributed by atoms with Crippen LogP contribution in [0.1, 0.15) is 31.2 Å². The van der Waals surface area contributed by atoms with Gasteiger partial charge in [-0.1, -0.05) is 43.4 Å². The molecular formula is C12H16ClN. The summed E-state index contributed by atoms with van der Waals surface area (Å²) in [6.07, 6.45) is 6.63. The molecule has 1 aliphatic rings. The summed E-state index contributed by atoms with van der Waals surface area (Å²) >= 11 is 5.85. The molecule has 14 heavy (non-hydrogen) atoms. The lowest BCUT2D eigenvalue weighted by Gasteiger charge is -2.11. The number of nitrogens with two attached hydrogens (primary N) is 1. The summed E-state index contributed by atoms with van der Waals surface area (Å²) in [5.41, 5.74) is 8.03. The third kappa shape index (κ3) is 2.21. The van der Waals surface area contributed by atoms with Crippen LogP contribution in [0.3, 0.4) is 0 Å². The molecule has 0 atom stereocenters. The predicted molar refractivity (Wildman–Crippen MR) is 61.5 cm³/mol. The Morgan fingerprint density at radius 1 is 1.29 bits per heavy atom. The second-order valence-electron chi connectivity index (χ2n) is 4.20. The highest BCUT2D eigenvalue weighted by atomic mass is 35.5. The third-order valence-corrected chi connectivity index (χ3v) is 3.33. The Morgan fingerprint density at radius 3 is 2.64 bits per heavy atom. The average Bonchev–Trinajstić information content (AvgIpc) is 2.62. The van der Waals surface area contributed by atoms with E-state index in [1.54, 1.807) is 0 Å². The van der Waals surface area contributed by atoms with Crippen LogP contribution in [0.25, 0.3) is 0 Å². The fourth-order valence-corrected chi connectivity index (χ4v) is 2.46. The summed E-state index contributed by atoms with van der Waals surface area (Å²) in [4.78, 5) is 0. The lowest BCUT2D eigenvalue weighted by Crippen LogP contribution is -2.02. The second kappa shape index (κ2) is 4.22. The molecule has 0 heterocycles. The van der Waals surface area contributed by atoms with Crippen molar-refractivity contribution in [2.45, 2.75) is 32.1 Å². The molecule has 1 nitrogen and oxygen atoms in total. The zero-order chi connectivity index (χ0) is 9.97.